The van der Waals surface area contributed by atoms with Crippen LogP contribution in [0, 0.1) is 0 Å². The standard InChI is InChI=1S/C19H23N3OS/c23-19(22-13-4-5-17(22)18-20-10-14-24-18)15-6-8-16(9-7-15)21-11-2-1-3-12-21/h6-10,14,17H,1-5,11-13H2/t17-/m1/s1. The first-order valence-corrected chi connectivity index (χ1v) is 9.76. The van der Waals surface area contributed by atoms with Crippen molar-refractivity contribution >= 4 is 22.9 Å². The van der Waals surface area contributed by atoms with Gasteiger partial charge in [0.2, 0.25) is 0 Å². The minimum atomic E-state index is 0.137. The van der Waals surface area contributed by atoms with Crippen LogP contribution < -0.4 is 4.90 Å². The van der Waals surface area contributed by atoms with Crippen LogP contribution >= 0.6 is 11.3 Å². The van der Waals surface area contributed by atoms with Crippen molar-refractivity contribution in [2.75, 3.05) is 24.5 Å². The molecule has 0 spiro atoms. The van der Waals surface area contributed by atoms with Gasteiger partial charge in [0.1, 0.15) is 5.01 Å². The van der Waals surface area contributed by atoms with Crippen LogP contribution in [0.5, 0.6) is 0 Å². The van der Waals surface area contributed by atoms with E-state index in [1.807, 2.05) is 28.6 Å². The third-order valence-electron chi connectivity index (χ3n) is 5.09. The lowest BCUT2D eigenvalue weighted by Crippen LogP contribution is -2.31. The van der Waals surface area contributed by atoms with Gasteiger partial charge in [0.05, 0.1) is 6.04 Å². The van der Waals surface area contributed by atoms with Crippen molar-refractivity contribution in [3.63, 3.8) is 0 Å². The molecule has 0 unspecified atom stereocenters. The van der Waals surface area contributed by atoms with Gasteiger partial charge in [0.15, 0.2) is 0 Å². The Kier molecular flexibility index (Phi) is 4.52. The quantitative estimate of drug-likeness (QED) is 0.843. The van der Waals surface area contributed by atoms with Crippen molar-refractivity contribution < 1.29 is 4.79 Å². The van der Waals surface area contributed by atoms with Gasteiger partial charge in [-0.05, 0) is 56.4 Å². The van der Waals surface area contributed by atoms with E-state index >= 15 is 0 Å². The zero-order valence-electron chi connectivity index (χ0n) is 13.9. The molecule has 0 N–H and O–H groups in total. The molecule has 4 nitrogen and oxygen atoms in total. The second-order valence-corrected chi connectivity index (χ2v) is 7.55. The van der Waals surface area contributed by atoms with Gasteiger partial charge >= 0.3 is 0 Å². The highest BCUT2D eigenvalue weighted by Crippen LogP contribution is 2.34. The largest absolute Gasteiger partial charge is 0.372 e. The number of likely N-dealkylation sites (tertiary alicyclic amines) is 1. The molecule has 1 aromatic carbocycles. The lowest BCUT2D eigenvalue weighted by molar-refractivity contribution is 0.0735. The van der Waals surface area contributed by atoms with Crippen LogP contribution in [0.25, 0.3) is 0 Å². The number of anilines is 1. The zero-order valence-corrected chi connectivity index (χ0v) is 14.7. The molecule has 1 atom stereocenters. The van der Waals surface area contributed by atoms with Crippen LogP contribution in [-0.2, 0) is 0 Å². The summed E-state index contributed by atoms with van der Waals surface area (Å²) in [4.78, 5) is 21.8. The number of amides is 1. The van der Waals surface area contributed by atoms with Crippen LogP contribution in [0.3, 0.4) is 0 Å². The fourth-order valence-electron chi connectivity index (χ4n) is 3.80. The number of carbonyl (C=O) groups is 1. The smallest absolute Gasteiger partial charge is 0.254 e. The van der Waals surface area contributed by atoms with E-state index in [1.54, 1.807) is 11.3 Å². The van der Waals surface area contributed by atoms with Crippen molar-refractivity contribution in [3.8, 4) is 0 Å². The minimum Gasteiger partial charge on any atom is -0.372 e. The van der Waals surface area contributed by atoms with Gasteiger partial charge in [-0.15, -0.1) is 11.3 Å². The Balaban J connectivity index is 1.49. The molecular weight excluding hydrogens is 318 g/mol. The molecule has 0 radical (unpaired) electrons. The maximum Gasteiger partial charge on any atom is 0.254 e. The first-order chi connectivity index (χ1) is 11.8. The molecule has 2 aromatic rings. The second-order valence-electron chi connectivity index (χ2n) is 6.62. The van der Waals surface area contributed by atoms with Gasteiger partial charge in [-0.25, -0.2) is 4.98 Å². The second kappa shape index (κ2) is 6.93. The fourth-order valence-corrected chi connectivity index (χ4v) is 4.58. The van der Waals surface area contributed by atoms with Crippen molar-refractivity contribution in [2.45, 2.75) is 38.1 Å². The Morgan fingerprint density at radius 1 is 1.04 bits per heavy atom. The highest BCUT2D eigenvalue weighted by molar-refractivity contribution is 7.09. The Bertz CT molecular complexity index is 677. The van der Waals surface area contributed by atoms with Crippen LogP contribution in [-0.4, -0.2) is 35.4 Å². The molecule has 0 aliphatic carbocycles. The van der Waals surface area contributed by atoms with Crippen LogP contribution in [0.15, 0.2) is 35.8 Å². The number of aromatic nitrogens is 1. The highest BCUT2D eigenvalue weighted by Gasteiger charge is 2.32. The Morgan fingerprint density at radius 3 is 2.54 bits per heavy atom. The van der Waals surface area contributed by atoms with E-state index < -0.39 is 0 Å². The number of carbonyl (C=O) groups excluding carboxylic acids is 1. The molecular formula is C19H23N3OS. The lowest BCUT2D eigenvalue weighted by Gasteiger charge is -2.29. The van der Waals surface area contributed by atoms with E-state index in [0.717, 1.165) is 43.0 Å². The van der Waals surface area contributed by atoms with Gasteiger partial charge in [-0.2, -0.15) is 0 Å². The summed E-state index contributed by atoms with van der Waals surface area (Å²) >= 11 is 1.65. The van der Waals surface area contributed by atoms with E-state index in [1.165, 1.54) is 24.9 Å². The molecule has 5 heteroatoms. The van der Waals surface area contributed by atoms with Gasteiger partial charge in [0.25, 0.3) is 5.91 Å². The van der Waals surface area contributed by atoms with Crippen molar-refractivity contribution in [1.29, 1.82) is 0 Å². The number of thiazole rings is 1. The monoisotopic (exact) mass is 341 g/mol. The number of benzene rings is 1. The van der Waals surface area contributed by atoms with Crippen molar-refractivity contribution in [1.82, 2.24) is 9.88 Å². The molecule has 2 aliphatic rings. The molecule has 4 rings (SSSR count). The first-order valence-electron chi connectivity index (χ1n) is 8.88. The number of hydrogen-bond donors (Lipinski definition) is 0. The third kappa shape index (κ3) is 3.05. The Hall–Kier alpha value is -1.88. The molecule has 2 saturated heterocycles. The van der Waals surface area contributed by atoms with E-state index in [-0.39, 0.29) is 11.9 Å². The number of nitrogens with zero attached hydrogens (tertiary/aromatic N) is 3. The average molecular weight is 341 g/mol. The summed E-state index contributed by atoms with van der Waals surface area (Å²) in [6, 6.07) is 8.34. The molecule has 1 amide bonds. The lowest BCUT2D eigenvalue weighted by atomic mass is 10.1. The van der Waals surface area contributed by atoms with E-state index in [4.69, 9.17) is 0 Å². The molecule has 1 aromatic heterocycles. The molecule has 0 bridgehead atoms. The normalized spacial score (nSPS) is 21.2. The molecule has 24 heavy (non-hydrogen) atoms. The summed E-state index contributed by atoms with van der Waals surface area (Å²) in [7, 11) is 0. The summed E-state index contributed by atoms with van der Waals surface area (Å²) in [6.07, 6.45) is 7.77. The maximum absolute atomic E-state index is 12.9. The minimum absolute atomic E-state index is 0.137. The van der Waals surface area contributed by atoms with Crippen molar-refractivity contribution in [2.24, 2.45) is 0 Å². The van der Waals surface area contributed by atoms with Gasteiger partial charge < -0.3 is 9.80 Å². The molecule has 0 saturated carbocycles. The highest BCUT2D eigenvalue weighted by atomic mass is 32.1. The maximum atomic E-state index is 12.9. The van der Waals surface area contributed by atoms with Crippen LogP contribution in [0.4, 0.5) is 5.69 Å². The summed E-state index contributed by atoms with van der Waals surface area (Å²) < 4.78 is 0. The summed E-state index contributed by atoms with van der Waals surface area (Å²) in [6.45, 7) is 3.09. The topological polar surface area (TPSA) is 36.4 Å². The number of piperidine rings is 1. The average Bonchev–Trinajstić information content (AvgIpc) is 3.33. The fraction of sp³-hybridized carbons (Fsp3) is 0.474. The van der Waals surface area contributed by atoms with E-state index in [0.29, 0.717) is 0 Å². The summed E-state index contributed by atoms with van der Waals surface area (Å²) in [5.74, 6) is 0.137. The summed E-state index contributed by atoms with van der Waals surface area (Å²) in [5.41, 5.74) is 2.03. The Labute approximate surface area is 147 Å². The van der Waals surface area contributed by atoms with Crippen LogP contribution in [0.1, 0.15) is 53.5 Å². The Morgan fingerprint density at radius 2 is 1.83 bits per heavy atom. The predicted molar refractivity (Wildman–Crippen MR) is 97.6 cm³/mol. The third-order valence-corrected chi connectivity index (χ3v) is 5.96. The van der Waals surface area contributed by atoms with Gasteiger partial charge in [-0.3, -0.25) is 4.79 Å². The van der Waals surface area contributed by atoms with E-state index in [2.05, 4.69) is 22.0 Å². The van der Waals surface area contributed by atoms with Gasteiger partial charge in [-0.1, -0.05) is 0 Å². The SMILES string of the molecule is O=C(c1ccc(N2CCCCC2)cc1)N1CCC[C@@H]1c1nccs1. The van der Waals surface area contributed by atoms with Crippen LogP contribution in [0.2, 0.25) is 0 Å². The molecule has 2 aliphatic heterocycles. The molecule has 3 heterocycles. The zero-order chi connectivity index (χ0) is 16.4. The molecule has 2 fully saturated rings. The first kappa shape index (κ1) is 15.6. The molecule has 126 valence electrons. The van der Waals surface area contributed by atoms with Crippen molar-refractivity contribution in [3.05, 3.63) is 46.4 Å². The number of rotatable bonds is 3. The van der Waals surface area contributed by atoms with Gasteiger partial charge in [0, 0.05) is 42.5 Å². The summed E-state index contributed by atoms with van der Waals surface area (Å²) in [5, 5.41) is 3.05. The number of hydrogen-bond acceptors (Lipinski definition) is 4. The predicted octanol–water partition coefficient (Wildman–Crippen LogP) is 4.11. The van der Waals surface area contributed by atoms with E-state index in [9.17, 15) is 4.79 Å².